The standard InChI is InChI=1S/C15H17N5O3S/c1-11(15-16-7-8-17-15)19-24(21,22)12-9-18-20(10-12)13-5-3-4-6-14(13)23-2/h3-11,19H,1-2H3,(H,16,17). The Balaban J connectivity index is 1.87. The minimum Gasteiger partial charge on any atom is -0.494 e. The van der Waals surface area contributed by atoms with E-state index in [1.807, 2.05) is 12.1 Å². The summed E-state index contributed by atoms with van der Waals surface area (Å²) in [6.45, 7) is 1.71. The number of methoxy groups -OCH3 is 1. The minimum atomic E-state index is -3.73. The monoisotopic (exact) mass is 347 g/mol. The molecular weight excluding hydrogens is 330 g/mol. The third kappa shape index (κ3) is 3.17. The largest absolute Gasteiger partial charge is 0.494 e. The van der Waals surface area contributed by atoms with Crippen molar-refractivity contribution in [3.05, 3.63) is 54.9 Å². The van der Waals surface area contributed by atoms with E-state index in [0.29, 0.717) is 17.3 Å². The van der Waals surface area contributed by atoms with Crippen LogP contribution >= 0.6 is 0 Å². The first-order valence-corrected chi connectivity index (χ1v) is 8.69. The number of aromatic amines is 1. The van der Waals surface area contributed by atoms with E-state index in [9.17, 15) is 8.42 Å². The summed E-state index contributed by atoms with van der Waals surface area (Å²) >= 11 is 0. The summed E-state index contributed by atoms with van der Waals surface area (Å²) in [5, 5.41) is 4.13. The van der Waals surface area contributed by atoms with Crippen LogP contribution in [-0.2, 0) is 10.0 Å². The van der Waals surface area contributed by atoms with E-state index < -0.39 is 16.1 Å². The van der Waals surface area contributed by atoms with Gasteiger partial charge in [-0.15, -0.1) is 0 Å². The fourth-order valence-corrected chi connectivity index (χ4v) is 3.40. The number of imidazole rings is 1. The highest BCUT2D eigenvalue weighted by molar-refractivity contribution is 7.89. The molecule has 1 unspecified atom stereocenters. The van der Waals surface area contributed by atoms with Crippen molar-refractivity contribution in [3.63, 3.8) is 0 Å². The molecule has 1 aromatic carbocycles. The van der Waals surface area contributed by atoms with Crippen molar-refractivity contribution >= 4 is 10.0 Å². The summed E-state index contributed by atoms with van der Waals surface area (Å²) in [5.41, 5.74) is 0.653. The van der Waals surface area contributed by atoms with Crippen molar-refractivity contribution in [3.8, 4) is 11.4 Å². The maximum atomic E-state index is 12.5. The minimum absolute atomic E-state index is 0.0619. The average Bonchev–Trinajstić information content (AvgIpc) is 3.26. The summed E-state index contributed by atoms with van der Waals surface area (Å²) in [4.78, 5) is 6.99. The van der Waals surface area contributed by atoms with Crippen LogP contribution in [0, 0.1) is 0 Å². The molecule has 0 saturated carbocycles. The first-order chi connectivity index (χ1) is 11.5. The van der Waals surface area contributed by atoms with Gasteiger partial charge in [-0.2, -0.15) is 5.10 Å². The van der Waals surface area contributed by atoms with Gasteiger partial charge in [-0.3, -0.25) is 0 Å². The number of rotatable bonds is 6. The molecule has 3 aromatic rings. The zero-order valence-electron chi connectivity index (χ0n) is 13.2. The Kier molecular flexibility index (Phi) is 4.36. The maximum Gasteiger partial charge on any atom is 0.244 e. The van der Waals surface area contributed by atoms with Gasteiger partial charge in [0, 0.05) is 12.4 Å². The van der Waals surface area contributed by atoms with Crippen LogP contribution in [0.3, 0.4) is 0 Å². The molecule has 8 nitrogen and oxygen atoms in total. The van der Waals surface area contributed by atoms with E-state index in [1.165, 1.54) is 17.1 Å². The van der Waals surface area contributed by atoms with Gasteiger partial charge in [-0.05, 0) is 19.1 Å². The molecule has 3 rings (SSSR count). The summed E-state index contributed by atoms with van der Waals surface area (Å²) < 4.78 is 34.3. The summed E-state index contributed by atoms with van der Waals surface area (Å²) in [5.74, 6) is 1.14. The van der Waals surface area contributed by atoms with Crippen molar-refractivity contribution in [1.29, 1.82) is 0 Å². The van der Waals surface area contributed by atoms with Crippen molar-refractivity contribution < 1.29 is 13.2 Å². The second-order valence-corrected chi connectivity index (χ2v) is 6.82. The lowest BCUT2D eigenvalue weighted by Gasteiger charge is -2.10. The molecular formula is C15H17N5O3S. The predicted octanol–water partition coefficient (Wildman–Crippen LogP) is 1.64. The average molecular weight is 347 g/mol. The van der Waals surface area contributed by atoms with Gasteiger partial charge in [-0.25, -0.2) is 22.8 Å². The van der Waals surface area contributed by atoms with Crippen molar-refractivity contribution in [2.24, 2.45) is 0 Å². The molecule has 24 heavy (non-hydrogen) atoms. The van der Waals surface area contributed by atoms with E-state index in [4.69, 9.17) is 4.74 Å². The normalized spacial score (nSPS) is 12.9. The van der Waals surface area contributed by atoms with E-state index in [-0.39, 0.29) is 4.90 Å². The molecule has 0 bridgehead atoms. The number of H-pyrrole nitrogens is 1. The molecule has 9 heteroatoms. The fourth-order valence-electron chi connectivity index (χ4n) is 2.27. The Morgan fingerprint density at radius 2 is 2.12 bits per heavy atom. The van der Waals surface area contributed by atoms with Crippen molar-refractivity contribution in [1.82, 2.24) is 24.5 Å². The number of ether oxygens (including phenoxy) is 1. The zero-order valence-corrected chi connectivity index (χ0v) is 14.0. The second kappa shape index (κ2) is 6.46. The lowest BCUT2D eigenvalue weighted by atomic mass is 10.3. The lowest BCUT2D eigenvalue weighted by Crippen LogP contribution is -2.27. The van der Waals surface area contributed by atoms with E-state index in [2.05, 4.69) is 19.8 Å². The van der Waals surface area contributed by atoms with Gasteiger partial charge in [-0.1, -0.05) is 12.1 Å². The number of aromatic nitrogens is 4. The molecule has 0 radical (unpaired) electrons. The number of hydrogen-bond donors (Lipinski definition) is 2. The van der Waals surface area contributed by atoms with Crippen LogP contribution in [0.5, 0.6) is 5.75 Å². The number of para-hydroxylation sites is 2. The third-order valence-corrected chi connectivity index (χ3v) is 4.96. The summed E-state index contributed by atoms with van der Waals surface area (Å²) in [6, 6.07) is 6.74. The Labute approximate surface area is 139 Å². The van der Waals surface area contributed by atoms with Crippen LogP contribution in [0.2, 0.25) is 0 Å². The van der Waals surface area contributed by atoms with Crippen LogP contribution in [0.4, 0.5) is 0 Å². The molecule has 2 heterocycles. The lowest BCUT2D eigenvalue weighted by molar-refractivity contribution is 0.411. The van der Waals surface area contributed by atoms with Crippen LogP contribution < -0.4 is 9.46 Å². The molecule has 0 saturated heterocycles. The maximum absolute atomic E-state index is 12.5. The van der Waals surface area contributed by atoms with E-state index in [0.717, 1.165) is 0 Å². The van der Waals surface area contributed by atoms with E-state index >= 15 is 0 Å². The third-order valence-electron chi connectivity index (χ3n) is 3.46. The van der Waals surface area contributed by atoms with Gasteiger partial charge in [0.1, 0.15) is 22.2 Å². The Morgan fingerprint density at radius 1 is 1.33 bits per heavy atom. The van der Waals surface area contributed by atoms with Crippen molar-refractivity contribution in [2.45, 2.75) is 17.9 Å². The van der Waals surface area contributed by atoms with Gasteiger partial charge in [0.05, 0.1) is 25.5 Å². The Hall–Kier alpha value is -2.65. The molecule has 2 N–H and O–H groups in total. The molecule has 1 atom stereocenters. The molecule has 2 aromatic heterocycles. The molecule has 0 amide bonds. The first-order valence-electron chi connectivity index (χ1n) is 7.21. The molecule has 126 valence electrons. The highest BCUT2D eigenvalue weighted by Crippen LogP contribution is 2.23. The number of sulfonamides is 1. The number of nitrogens with one attached hydrogen (secondary N) is 2. The molecule has 0 aliphatic carbocycles. The smallest absolute Gasteiger partial charge is 0.244 e. The Morgan fingerprint density at radius 3 is 2.83 bits per heavy atom. The second-order valence-electron chi connectivity index (χ2n) is 5.11. The molecule has 0 spiro atoms. The van der Waals surface area contributed by atoms with Crippen LogP contribution in [-0.4, -0.2) is 35.3 Å². The highest BCUT2D eigenvalue weighted by atomic mass is 32.2. The van der Waals surface area contributed by atoms with Gasteiger partial charge in [0.25, 0.3) is 0 Å². The van der Waals surface area contributed by atoms with Gasteiger partial charge < -0.3 is 9.72 Å². The Bertz CT molecular complexity index is 918. The quantitative estimate of drug-likeness (QED) is 0.706. The zero-order chi connectivity index (χ0) is 17.2. The predicted molar refractivity (Wildman–Crippen MR) is 87.4 cm³/mol. The number of hydrogen-bond acceptors (Lipinski definition) is 5. The van der Waals surface area contributed by atoms with E-state index in [1.54, 1.807) is 38.6 Å². The van der Waals surface area contributed by atoms with Crippen LogP contribution in [0.1, 0.15) is 18.8 Å². The topological polar surface area (TPSA) is 102 Å². The van der Waals surface area contributed by atoms with Gasteiger partial charge in [0.2, 0.25) is 10.0 Å². The highest BCUT2D eigenvalue weighted by Gasteiger charge is 2.22. The number of benzene rings is 1. The first kappa shape index (κ1) is 16.2. The van der Waals surface area contributed by atoms with Crippen LogP contribution in [0.15, 0.2) is 53.9 Å². The van der Waals surface area contributed by atoms with Crippen LogP contribution in [0.25, 0.3) is 5.69 Å². The molecule has 0 fully saturated rings. The molecule has 0 aliphatic heterocycles. The van der Waals surface area contributed by atoms with Gasteiger partial charge in [0.15, 0.2) is 0 Å². The van der Waals surface area contributed by atoms with Gasteiger partial charge >= 0.3 is 0 Å². The number of nitrogens with zero attached hydrogens (tertiary/aromatic N) is 3. The summed E-state index contributed by atoms with van der Waals surface area (Å²) in [7, 11) is -2.18. The molecule has 0 aliphatic rings. The summed E-state index contributed by atoms with van der Waals surface area (Å²) in [6.07, 6.45) is 5.94. The van der Waals surface area contributed by atoms with Crippen molar-refractivity contribution in [2.75, 3.05) is 7.11 Å². The fraction of sp³-hybridized carbons (Fsp3) is 0.200. The SMILES string of the molecule is COc1ccccc1-n1cc(S(=O)(=O)NC(C)c2ncc[nH]2)cn1.